The van der Waals surface area contributed by atoms with E-state index in [4.69, 9.17) is 13.1 Å². The molecule has 0 aliphatic heterocycles. The van der Waals surface area contributed by atoms with Gasteiger partial charge in [-0.05, 0) is 70.5 Å². The van der Waals surface area contributed by atoms with Crippen LogP contribution in [0.2, 0.25) is 0 Å². The van der Waals surface area contributed by atoms with Crippen molar-refractivity contribution in [2.24, 2.45) is 0 Å². The second-order valence-electron chi connectivity index (χ2n) is 9.46. The Hall–Kier alpha value is -5.42. The maximum atomic E-state index is 10.00. The van der Waals surface area contributed by atoms with Crippen LogP contribution in [0.1, 0.15) is 39.3 Å². The molecule has 5 rings (SSSR count). The zero-order valence-electron chi connectivity index (χ0n) is 21.0. The fraction of sp³-hybridized carbons (Fsp3) is 0.118. The average molecular weight is 487 g/mol. The van der Waals surface area contributed by atoms with Crippen molar-refractivity contribution in [3.63, 3.8) is 0 Å². The van der Waals surface area contributed by atoms with Gasteiger partial charge in [0.05, 0.1) is 18.6 Å². The van der Waals surface area contributed by atoms with Crippen LogP contribution in [0.25, 0.3) is 37.5 Å². The van der Waals surface area contributed by atoms with Gasteiger partial charge in [0.15, 0.2) is 6.07 Å². The summed E-state index contributed by atoms with van der Waals surface area (Å²) < 4.78 is 0. The number of rotatable bonds is 3. The molecule has 1 aliphatic carbocycles. The summed E-state index contributed by atoms with van der Waals surface area (Å²) in [5.41, 5.74) is 9.78. The van der Waals surface area contributed by atoms with Gasteiger partial charge >= 0.3 is 6.04 Å². The van der Waals surface area contributed by atoms with E-state index < -0.39 is 12.0 Å². The molecule has 0 bridgehead atoms. The fourth-order valence-corrected chi connectivity index (χ4v) is 5.17. The molecule has 4 aromatic carbocycles. The number of benzene rings is 4. The van der Waals surface area contributed by atoms with Gasteiger partial charge in [-0.2, -0.15) is 5.26 Å². The van der Waals surface area contributed by atoms with Crippen LogP contribution in [-0.2, 0) is 0 Å². The van der Waals surface area contributed by atoms with Crippen molar-refractivity contribution in [1.29, 1.82) is 10.5 Å². The normalized spacial score (nSPS) is 15.5. The fourth-order valence-electron chi connectivity index (χ4n) is 5.17. The Morgan fingerprint density at radius 1 is 0.711 bits per heavy atom. The van der Waals surface area contributed by atoms with Gasteiger partial charge in [0.1, 0.15) is 0 Å². The topological polar surface area (TPSA) is 56.3 Å². The summed E-state index contributed by atoms with van der Waals surface area (Å²) in [7, 11) is 0. The van der Waals surface area contributed by atoms with Crippen LogP contribution in [0.15, 0.2) is 90.6 Å². The highest BCUT2D eigenvalue weighted by Gasteiger charge is 2.39. The summed E-state index contributed by atoms with van der Waals surface area (Å²) in [4.78, 5) is 7.28. The molecular formula is C34H22N4. The number of hydrogen-bond donors (Lipinski definition) is 0. The van der Waals surface area contributed by atoms with E-state index in [2.05, 4.69) is 21.8 Å². The Morgan fingerprint density at radius 2 is 1.26 bits per heavy atom. The van der Waals surface area contributed by atoms with Gasteiger partial charge < -0.3 is 0 Å². The average Bonchev–Trinajstić information content (AvgIpc) is 2.95. The molecule has 4 aromatic rings. The standard InChI is InChI=1S/C34H22N4/c1-21-5-9-23(10-6-21)25-13-15-27-29(17-25)33(31(19-35)37-3)28-16-14-26(24-11-7-22(2)8-12-24)18-30(28)34(27)32(20-36)38-4/h5-18,31,33H,1-2H3/b34-32+. The lowest BCUT2D eigenvalue weighted by Gasteiger charge is -2.30. The lowest BCUT2D eigenvalue weighted by molar-refractivity contribution is 0.775. The Bertz CT molecular complexity index is 1730. The summed E-state index contributed by atoms with van der Waals surface area (Å²) in [6, 6.07) is 31.5. The van der Waals surface area contributed by atoms with Crippen LogP contribution >= 0.6 is 0 Å². The van der Waals surface area contributed by atoms with E-state index in [1.54, 1.807) is 0 Å². The first kappa shape index (κ1) is 24.3. The third-order valence-electron chi connectivity index (χ3n) is 7.13. The van der Waals surface area contributed by atoms with E-state index in [1.807, 2.05) is 98.8 Å². The van der Waals surface area contributed by atoms with E-state index >= 15 is 0 Å². The van der Waals surface area contributed by atoms with E-state index in [0.29, 0.717) is 5.57 Å². The van der Waals surface area contributed by atoms with Crippen molar-refractivity contribution in [3.8, 4) is 34.4 Å². The quantitative estimate of drug-likeness (QED) is 0.217. The molecule has 4 nitrogen and oxygen atoms in total. The van der Waals surface area contributed by atoms with Gasteiger partial charge in [-0.1, -0.05) is 83.9 Å². The predicted molar refractivity (Wildman–Crippen MR) is 149 cm³/mol. The highest BCUT2D eigenvalue weighted by molar-refractivity contribution is 5.93. The number of fused-ring (bicyclic) bond motifs is 2. The molecule has 0 amide bonds. The molecule has 4 heteroatoms. The summed E-state index contributed by atoms with van der Waals surface area (Å²) in [6.07, 6.45) is 0. The zero-order chi connectivity index (χ0) is 26.8. The zero-order valence-corrected chi connectivity index (χ0v) is 21.0. The molecule has 0 radical (unpaired) electrons. The molecule has 0 N–H and O–H groups in total. The minimum atomic E-state index is -0.953. The second-order valence-corrected chi connectivity index (χ2v) is 9.46. The summed E-state index contributed by atoms with van der Waals surface area (Å²) in [6.45, 7) is 19.6. The highest BCUT2D eigenvalue weighted by Crippen LogP contribution is 2.48. The minimum absolute atomic E-state index is 0.00795. The second kappa shape index (κ2) is 9.91. The Kier molecular flexibility index (Phi) is 6.33. The summed E-state index contributed by atoms with van der Waals surface area (Å²) in [5.74, 6) is -0.519. The highest BCUT2D eigenvalue weighted by atomic mass is 14.7. The van der Waals surface area contributed by atoms with Crippen LogP contribution in [0.3, 0.4) is 0 Å². The Balaban J connectivity index is 1.81. The first-order valence-electron chi connectivity index (χ1n) is 12.2. The van der Waals surface area contributed by atoms with Gasteiger partial charge in [0, 0.05) is 5.57 Å². The largest absolute Gasteiger partial charge is 0.317 e. The van der Waals surface area contributed by atoms with E-state index in [0.717, 1.165) is 55.6 Å². The molecule has 1 aliphatic rings. The number of aryl methyl sites for hydroxylation is 2. The Morgan fingerprint density at radius 3 is 1.79 bits per heavy atom. The monoisotopic (exact) mass is 486 g/mol. The van der Waals surface area contributed by atoms with Crippen molar-refractivity contribution in [2.45, 2.75) is 25.8 Å². The van der Waals surface area contributed by atoms with Crippen LogP contribution < -0.4 is 0 Å². The van der Waals surface area contributed by atoms with E-state index in [-0.39, 0.29) is 5.70 Å². The number of allylic oxidation sites excluding steroid dienone is 1. The molecule has 178 valence electrons. The van der Waals surface area contributed by atoms with Crippen molar-refractivity contribution < 1.29 is 0 Å². The van der Waals surface area contributed by atoms with Gasteiger partial charge in [0.2, 0.25) is 0 Å². The van der Waals surface area contributed by atoms with Gasteiger partial charge in [-0.15, -0.1) is 0 Å². The molecule has 0 aromatic heterocycles. The first-order chi connectivity index (χ1) is 18.5. The number of nitrogens with zero attached hydrogens (tertiary/aromatic N) is 4. The smallest absolute Gasteiger partial charge is 0.296 e. The number of nitriles is 2. The molecule has 0 saturated carbocycles. The SMILES string of the molecule is [C-]#[N+]/C(C#N)=C1/c2cc(-c3ccc(C)cc3)ccc2C(C(C#N)[N+]#[C-])c2cc(-c3ccc(C)cc3)ccc21. The van der Waals surface area contributed by atoms with E-state index in [1.165, 1.54) is 0 Å². The van der Waals surface area contributed by atoms with E-state index in [9.17, 15) is 10.5 Å². The molecule has 0 saturated heterocycles. The van der Waals surface area contributed by atoms with Gasteiger partial charge in [-0.25, -0.2) is 16.7 Å². The number of hydrogen-bond acceptors (Lipinski definition) is 2. The minimum Gasteiger partial charge on any atom is -0.296 e. The van der Waals surface area contributed by atoms with Crippen molar-refractivity contribution in [3.05, 3.63) is 147 Å². The lowest BCUT2D eigenvalue weighted by atomic mass is 9.71. The van der Waals surface area contributed by atoms with Crippen molar-refractivity contribution >= 4 is 5.57 Å². The summed E-state index contributed by atoms with van der Waals surface area (Å²) in [5, 5.41) is 19.9. The first-order valence-corrected chi connectivity index (χ1v) is 12.2. The molecule has 2 atom stereocenters. The van der Waals surface area contributed by atoms with Gasteiger partial charge in [0.25, 0.3) is 5.70 Å². The van der Waals surface area contributed by atoms with Gasteiger partial charge in [-0.3, -0.25) is 4.85 Å². The third-order valence-corrected chi connectivity index (χ3v) is 7.13. The molecular weight excluding hydrogens is 464 g/mol. The third kappa shape index (κ3) is 4.12. The molecule has 0 heterocycles. The lowest BCUT2D eigenvalue weighted by Crippen LogP contribution is -2.22. The Labute approximate surface area is 223 Å². The predicted octanol–water partition coefficient (Wildman–Crippen LogP) is 8.10. The van der Waals surface area contributed by atoms with Crippen LogP contribution in [-0.4, -0.2) is 6.04 Å². The van der Waals surface area contributed by atoms with Crippen LogP contribution in [0, 0.1) is 49.7 Å². The molecule has 0 spiro atoms. The van der Waals surface area contributed by atoms with Crippen LogP contribution in [0.4, 0.5) is 0 Å². The maximum absolute atomic E-state index is 10.00. The van der Waals surface area contributed by atoms with Crippen molar-refractivity contribution in [2.75, 3.05) is 0 Å². The molecule has 0 fully saturated rings. The summed E-state index contributed by atoms with van der Waals surface area (Å²) >= 11 is 0. The maximum Gasteiger partial charge on any atom is 0.317 e. The molecule has 38 heavy (non-hydrogen) atoms. The molecule has 2 unspecified atom stereocenters. The van der Waals surface area contributed by atoms with Crippen molar-refractivity contribution in [1.82, 2.24) is 0 Å². The van der Waals surface area contributed by atoms with Crippen LogP contribution in [0.5, 0.6) is 0 Å².